The second kappa shape index (κ2) is 19.9. The van der Waals surface area contributed by atoms with E-state index in [1.54, 1.807) is 0 Å². The molecule has 0 fully saturated rings. The van der Waals surface area contributed by atoms with Gasteiger partial charge in [0, 0.05) is 0 Å². The average Bonchev–Trinajstić information content (AvgIpc) is 2.76. The molecule has 0 N–H and O–H groups in total. The van der Waals surface area contributed by atoms with E-state index in [1.807, 2.05) is 0 Å². The van der Waals surface area contributed by atoms with E-state index in [0.29, 0.717) is 0 Å². The third-order valence-corrected chi connectivity index (χ3v) is 7.81. The summed E-state index contributed by atoms with van der Waals surface area (Å²) in [7, 11) is 15.2. The Morgan fingerprint density at radius 1 is 0.419 bits per heavy atom. The summed E-state index contributed by atoms with van der Waals surface area (Å²) in [6.07, 6.45) is 0. The summed E-state index contributed by atoms with van der Waals surface area (Å²) in [4.78, 5) is 0. The van der Waals surface area contributed by atoms with Crippen molar-refractivity contribution >= 4 is 68.4 Å². The van der Waals surface area contributed by atoms with Gasteiger partial charge < -0.3 is 0 Å². The van der Waals surface area contributed by atoms with E-state index in [2.05, 4.69) is 131 Å². The summed E-state index contributed by atoms with van der Waals surface area (Å²) in [5, 5.41) is 4.44. The Labute approximate surface area is 211 Å². The van der Waals surface area contributed by atoms with Crippen LogP contribution in [0.25, 0.3) is 0 Å². The Kier molecular flexibility index (Phi) is 20.2. The van der Waals surface area contributed by atoms with Gasteiger partial charge in [0.15, 0.2) is 0 Å². The van der Waals surface area contributed by atoms with Crippen LogP contribution in [0.5, 0.6) is 0 Å². The van der Waals surface area contributed by atoms with Gasteiger partial charge in [0.25, 0.3) is 0 Å². The van der Waals surface area contributed by atoms with Crippen LogP contribution in [0, 0.1) is 0 Å². The molecule has 0 bridgehead atoms. The van der Waals surface area contributed by atoms with Crippen molar-refractivity contribution in [3.05, 3.63) is 91.0 Å². The molecule has 0 saturated carbocycles. The molecule has 0 aliphatic heterocycles. The molecule has 0 spiro atoms. The second-order valence-corrected chi connectivity index (χ2v) is 24.1. The van der Waals surface area contributed by atoms with Gasteiger partial charge >= 0.3 is 42.2 Å². The summed E-state index contributed by atoms with van der Waals surface area (Å²) in [5.74, 6) is 0. The van der Waals surface area contributed by atoms with Crippen molar-refractivity contribution < 1.29 is 13.5 Å². The van der Waals surface area contributed by atoms with Crippen molar-refractivity contribution in [2.75, 3.05) is 40.0 Å². The van der Waals surface area contributed by atoms with Crippen molar-refractivity contribution in [2.45, 2.75) is 0 Å². The van der Waals surface area contributed by atoms with Crippen LogP contribution in [0.4, 0.5) is 0 Å². The molecule has 7 heteroatoms. The third-order valence-electron chi connectivity index (χ3n) is 3.82. The molecular formula is C24H33Cl3IrP3. The van der Waals surface area contributed by atoms with Crippen LogP contribution in [0.2, 0.25) is 0 Å². The normalized spacial score (nSPS) is 10.3. The fraction of sp³-hybridized carbons (Fsp3) is 0.250. The predicted molar refractivity (Wildman–Crippen MR) is 152 cm³/mol. The Morgan fingerprint density at radius 2 is 0.581 bits per heavy atom. The van der Waals surface area contributed by atoms with E-state index in [1.165, 1.54) is 15.9 Å². The SMILES string of the molecule is CP(C)c1ccccc1.CP(C)c1ccccc1.CP(C)c1ccccc1.[Cl][Ir]([Cl])[Cl]. The minimum absolute atomic E-state index is 0.104. The first-order valence-electron chi connectivity index (χ1n) is 9.46. The first kappa shape index (κ1) is 31.5. The van der Waals surface area contributed by atoms with E-state index in [9.17, 15) is 0 Å². The van der Waals surface area contributed by atoms with E-state index in [0.717, 1.165) is 0 Å². The molecule has 0 amide bonds. The molecular weight excluding hydrogens is 680 g/mol. The van der Waals surface area contributed by atoms with Crippen molar-refractivity contribution in [1.29, 1.82) is 0 Å². The maximum absolute atomic E-state index is 4.97. The van der Waals surface area contributed by atoms with Gasteiger partial charge in [-0.1, -0.05) is 115 Å². The number of hydrogen-bond acceptors (Lipinski definition) is 0. The molecule has 0 nitrogen and oxygen atoms in total. The van der Waals surface area contributed by atoms with Crippen LogP contribution >= 0.6 is 52.5 Å². The van der Waals surface area contributed by atoms with Crippen LogP contribution in [0.1, 0.15) is 0 Å². The number of hydrogen-bond donors (Lipinski definition) is 0. The van der Waals surface area contributed by atoms with E-state index in [-0.39, 0.29) is 23.8 Å². The first-order chi connectivity index (χ1) is 14.6. The van der Waals surface area contributed by atoms with Crippen LogP contribution in [-0.4, -0.2) is 40.0 Å². The molecule has 0 unspecified atom stereocenters. The topological polar surface area (TPSA) is 0 Å². The van der Waals surface area contributed by atoms with Gasteiger partial charge in [0.05, 0.1) is 0 Å². The summed E-state index contributed by atoms with van der Waals surface area (Å²) in [6.45, 7) is 13.6. The molecule has 3 aromatic carbocycles. The number of rotatable bonds is 3. The summed E-state index contributed by atoms with van der Waals surface area (Å²) in [6, 6.07) is 31.9. The quantitative estimate of drug-likeness (QED) is 0.240. The first-order valence-corrected chi connectivity index (χ1v) is 25.1. The summed E-state index contributed by atoms with van der Waals surface area (Å²) < 4.78 is 0. The Morgan fingerprint density at radius 3 is 0.677 bits per heavy atom. The molecule has 3 rings (SSSR count). The molecule has 0 aliphatic rings. The Bertz CT molecular complexity index is 666. The molecule has 31 heavy (non-hydrogen) atoms. The maximum atomic E-state index is 4.97. The van der Waals surface area contributed by atoms with E-state index < -0.39 is 13.5 Å². The van der Waals surface area contributed by atoms with Crippen molar-refractivity contribution in [3.8, 4) is 0 Å². The van der Waals surface area contributed by atoms with Gasteiger partial charge in [-0.05, 0) is 55.9 Å². The van der Waals surface area contributed by atoms with Gasteiger partial charge in [-0.25, -0.2) is 0 Å². The van der Waals surface area contributed by atoms with Crippen molar-refractivity contribution in [1.82, 2.24) is 0 Å². The zero-order chi connectivity index (χ0) is 23.6. The van der Waals surface area contributed by atoms with Crippen LogP contribution in [0.15, 0.2) is 91.0 Å². The number of halogens is 3. The van der Waals surface area contributed by atoms with E-state index in [4.69, 9.17) is 28.8 Å². The fourth-order valence-corrected chi connectivity index (χ4v) is 4.48. The van der Waals surface area contributed by atoms with Gasteiger partial charge in [0.2, 0.25) is 0 Å². The standard InChI is InChI=1S/3C8H11P.3ClH.Ir/c3*1-9(2)8-6-4-3-5-7-8;;;;/h3*3-7H,1-2H3;3*1H;/q;;;;;;+3/p-3. The zero-order valence-electron chi connectivity index (χ0n) is 19.0. The zero-order valence-corrected chi connectivity index (χ0v) is 26.3. The van der Waals surface area contributed by atoms with Crippen LogP contribution in [-0.2, 0) is 13.5 Å². The van der Waals surface area contributed by atoms with Gasteiger partial charge in [-0.2, -0.15) is 0 Å². The minimum atomic E-state index is -1.92. The average molecular weight is 713 g/mol. The van der Waals surface area contributed by atoms with Gasteiger partial charge in [-0.15, -0.1) is 0 Å². The van der Waals surface area contributed by atoms with Crippen LogP contribution in [0.3, 0.4) is 0 Å². The third kappa shape index (κ3) is 18.6. The van der Waals surface area contributed by atoms with Crippen molar-refractivity contribution in [3.63, 3.8) is 0 Å². The predicted octanol–water partition coefficient (Wildman–Crippen LogP) is 8.23. The molecule has 0 heterocycles. The van der Waals surface area contributed by atoms with Crippen molar-refractivity contribution in [2.24, 2.45) is 0 Å². The van der Waals surface area contributed by atoms with E-state index >= 15 is 0 Å². The molecule has 0 aromatic heterocycles. The Hall–Kier alpha value is 0.469. The summed E-state index contributed by atoms with van der Waals surface area (Å²) >= 11 is -1.92. The molecule has 0 atom stereocenters. The monoisotopic (exact) mass is 712 g/mol. The molecule has 3 aromatic rings. The Balaban J connectivity index is 0.000000402. The molecule has 0 aliphatic carbocycles. The fourth-order valence-electron chi connectivity index (χ4n) is 2.18. The van der Waals surface area contributed by atoms with Crippen LogP contribution < -0.4 is 15.9 Å². The second-order valence-electron chi connectivity index (χ2n) is 6.83. The molecule has 174 valence electrons. The number of benzene rings is 3. The molecule has 0 radical (unpaired) electrons. The van der Waals surface area contributed by atoms with Gasteiger partial charge in [-0.3, -0.25) is 0 Å². The summed E-state index contributed by atoms with van der Waals surface area (Å²) in [5.41, 5.74) is 0. The van der Waals surface area contributed by atoms with Gasteiger partial charge in [0.1, 0.15) is 0 Å². The molecule has 0 saturated heterocycles.